The van der Waals surface area contributed by atoms with Crippen molar-refractivity contribution < 1.29 is 19.3 Å². The molecule has 2 aliphatic heterocycles. The molecule has 0 spiro atoms. The van der Waals surface area contributed by atoms with E-state index in [0.717, 1.165) is 11.1 Å². The van der Waals surface area contributed by atoms with Crippen LogP contribution in [-0.4, -0.2) is 31.8 Å². The van der Waals surface area contributed by atoms with Crippen molar-refractivity contribution in [3.8, 4) is 17.2 Å². The van der Waals surface area contributed by atoms with Crippen molar-refractivity contribution >= 4 is 6.21 Å². The average Bonchev–Trinajstić information content (AvgIpc) is 2.75. The van der Waals surface area contributed by atoms with Gasteiger partial charge in [-0.3, -0.25) is 4.99 Å². The third-order valence-electron chi connectivity index (χ3n) is 2.75. The van der Waals surface area contributed by atoms with Gasteiger partial charge in [0, 0.05) is 11.8 Å². The molecule has 0 amide bonds. The highest BCUT2D eigenvalue weighted by atomic mass is 16.7. The molecule has 1 aromatic carbocycles. The summed E-state index contributed by atoms with van der Waals surface area (Å²) in [6.45, 7) is 0.553. The number of hydrogen-bond donors (Lipinski definition) is 1. The molecule has 0 unspecified atom stereocenters. The lowest BCUT2D eigenvalue weighted by molar-refractivity contribution is 0.170. The molecule has 16 heavy (non-hydrogen) atoms. The maximum atomic E-state index is 9.85. The summed E-state index contributed by atoms with van der Waals surface area (Å²) in [6.07, 6.45) is 1.09. The van der Waals surface area contributed by atoms with Crippen LogP contribution < -0.4 is 14.2 Å². The van der Waals surface area contributed by atoms with E-state index in [-0.39, 0.29) is 6.79 Å². The van der Waals surface area contributed by atoms with Gasteiger partial charge in [-0.1, -0.05) is 0 Å². The molecule has 3 rings (SSSR count). The summed E-state index contributed by atoms with van der Waals surface area (Å²) in [4.78, 5) is 4.08. The number of aliphatic imine (C=N–C) groups is 1. The number of fused-ring (bicyclic) bond motifs is 2. The highest BCUT2D eigenvalue weighted by Crippen LogP contribution is 2.46. The first-order valence-corrected chi connectivity index (χ1v) is 4.99. The van der Waals surface area contributed by atoms with Crippen LogP contribution in [0.15, 0.2) is 11.1 Å². The van der Waals surface area contributed by atoms with Crippen molar-refractivity contribution in [3.05, 3.63) is 17.2 Å². The van der Waals surface area contributed by atoms with E-state index in [1.54, 1.807) is 19.4 Å². The first kappa shape index (κ1) is 9.47. The molecule has 0 saturated heterocycles. The predicted molar refractivity (Wildman–Crippen MR) is 56.5 cm³/mol. The van der Waals surface area contributed by atoms with Crippen molar-refractivity contribution in [3.63, 3.8) is 0 Å². The molecule has 0 aliphatic carbocycles. The van der Waals surface area contributed by atoms with Gasteiger partial charge in [-0.25, -0.2) is 0 Å². The molecule has 5 heteroatoms. The summed E-state index contributed by atoms with van der Waals surface area (Å²) < 4.78 is 15.9. The number of ether oxygens (including phenoxy) is 3. The number of aliphatic hydroxyl groups is 1. The molecule has 0 radical (unpaired) electrons. The lowest BCUT2D eigenvalue weighted by atomic mass is 9.98. The molecule has 2 aliphatic rings. The van der Waals surface area contributed by atoms with Crippen LogP contribution in [0, 0.1) is 0 Å². The summed E-state index contributed by atoms with van der Waals surface area (Å²) >= 11 is 0. The fourth-order valence-corrected chi connectivity index (χ4v) is 2.00. The highest BCUT2D eigenvalue weighted by molar-refractivity contribution is 5.89. The van der Waals surface area contributed by atoms with Crippen LogP contribution in [0.5, 0.6) is 17.2 Å². The minimum absolute atomic E-state index is 0.182. The smallest absolute Gasteiger partial charge is 0.231 e. The van der Waals surface area contributed by atoms with Gasteiger partial charge in [0.25, 0.3) is 0 Å². The van der Waals surface area contributed by atoms with Crippen molar-refractivity contribution in [2.45, 2.75) is 6.10 Å². The third-order valence-corrected chi connectivity index (χ3v) is 2.75. The standard InChI is InChI=1S/C11H11NO4/c1-14-10-7-3-12-4-8(13)6(7)2-9-11(10)16-5-15-9/h2-3,8,13H,4-5H2,1H3/t8-/m0/s1. The lowest BCUT2D eigenvalue weighted by Crippen LogP contribution is -2.11. The Morgan fingerprint density at radius 3 is 3.19 bits per heavy atom. The fraction of sp³-hybridized carbons (Fsp3) is 0.364. The second kappa shape index (κ2) is 3.38. The number of hydrogen-bond acceptors (Lipinski definition) is 5. The fourth-order valence-electron chi connectivity index (χ4n) is 2.00. The van der Waals surface area contributed by atoms with E-state index in [9.17, 15) is 5.11 Å². The second-order valence-electron chi connectivity index (χ2n) is 3.66. The first-order valence-electron chi connectivity index (χ1n) is 4.99. The Morgan fingerprint density at radius 1 is 1.50 bits per heavy atom. The second-order valence-corrected chi connectivity index (χ2v) is 3.66. The van der Waals surface area contributed by atoms with Crippen molar-refractivity contribution in [1.82, 2.24) is 0 Å². The topological polar surface area (TPSA) is 60.3 Å². The zero-order valence-electron chi connectivity index (χ0n) is 8.77. The summed E-state index contributed by atoms with van der Waals surface area (Å²) in [5.74, 6) is 1.78. The molecule has 0 saturated carbocycles. The van der Waals surface area contributed by atoms with E-state index in [0.29, 0.717) is 23.8 Å². The Balaban J connectivity index is 2.26. The Hall–Kier alpha value is -1.75. The number of rotatable bonds is 1. The van der Waals surface area contributed by atoms with E-state index in [4.69, 9.17) is 14.2 Å². The van der Waals surface area contributed by atoms with Crippen LogP contribution in [0.4, 0.5) is 0 Å². The average molecular weight is 221 g/mol. The first-order chi connectivity index (χ1) is 7.81. The van der Waals surface area contributed by atoms with Gasteiger partial charge in [0.05, 0.1) is 19.8 Å². The zero-order valence-corrected chi connectivity index (χ0v) is 8.77. The molecule has 84 valence electrons. The van der Waals surface area contributed by atoms with Gasteiger partial charge < -0.3 is 19.3 Å². The van der Waals surface area contributed by atoms with E-state index < -0.39 is 6.10 Å². The van der Waals surface area contributed by atoms with E-state index >= 15 is 0 Å². The Morgan fingerprint density at radius 2 is 2.38 bits per heavy atom. The van der Waals surface area contributed by atoms with E-state index in [1.807, 2.05) is 0 Å². The molecule has 1 N–H and O–H groups in total. The zero-order chi connectivity index (χ0) is 11.1. The Kier molecular flexibility index (Phi) is 2.00. The quantitative estimate of drug-likeness (QED) is 0.765. The molecule has 1 aromatic rings. The molecule has 2 heterocycles. The van der Waals surface area contributed by atoms with Crippen LogP contribution in [-0.2, 0) is 0 Å². The summed E-state index contributed by atoms with van der Waals surface area (Å²) in [7, 11) is 1.56. The van der Waals surface area contributed by atoms with Crippen molar-refractivity contribution in [2.24, 2.45) is 4.99 Å². The number of methoxy groups -OCH3 is 1. The molecule has 0 aromatic heterocycles. The minimum atomic E-state index is -0.608. The number of benzene rings is 1. The van der Waals surface area contributed by atoms with Crippen LogP contribution >= 0.6 is 0 Å². The molecular formula is C11H11NO4. The molecular weight excluding hydrogens is 210 g/mol. The minimum Gasteiger partial charge on any atom is -0.492 e. The van der Waals surface area contributed by atoms with Crippen LogP contribution in [0.2, 0.25) is 0 Å². The third kappa shape index (κ3) is 1.18. The number of nitrogens with zero attached hydrogens (tertiary/aromatic N) is 1. The summed E-state index contributed by atoms with van der Waals surface area (Å²) in [5.41, 5.74) is 1.54. The predicted octanol–water partition coefficient (Wildman–Crippen LogP) is 0.890. The normalized spacial score (nSPS) is 20.8. The Labute approximate surface area is 92.3 Å². The molecule has 5 nitrogen and oxygen atoms in total. The van der Waals surface area contributed by atoms with Gasteiger partial charge in [-0.15, -0.1) is 0 Å². The van der Waals surface area contributed by atoms with Gasteiger partial charge in [0.1, 0.15) is 0 Å². The van der Waals surface area contributed by atoms with Crippen LogP contribution in [0.1, 0.15) is 17.2 Å². The van der Waals surface area contributed by atoms with Gasteiger partial charge in [-0.2, -0.15) is 0 Å². The maximum Gasteiger partial charge on any atom is 0.231 e. The van der Waals surface area contributed by atoms with Crippen LogP contribution in [0.25, 0.3) is 0 Å². The lowest BCUT2D eigenvalue weighted by Gasteiger charge is -2.19. The SMILES string of the molecule is COc1c2c(cc3c1OCO3)[C@@H](O)CN=C2. The maximum absolute atomic E-state index is 9.85. The van der Waals surface area contributed by atoms with Gasteiger partial charge in [0.15, 0.2) is 11.5 Å². The van der Waals surface area contributed by atoms with Gasteiger partial charge >= 0.3 is 0 Å². The molecule has 0 fully saturated rings. The van der Waals surface area contributed by atoms with E-state index in [2.05, 4.69) is 4.99 Å². The van der Waals surface area contributed by atoms with Gasteiger partial charge in [-0.05, 0) is 11.6 Å². The molecule has 1 atom stereocenters. The largest absolute Gasteiger partial charge is 0.492 e. The highest BCUT2D eigenvalue weighted by Gasteiger charge is 2.28. The van der Waals surface area contributed by atoms with Crippen molar-refractivity contribution in [1.29, 1.82) is 0 Å². The van der Waals surface area contributed by atoms with E-state index in [1.165, 1.54) is 0 Å². The summed E-state index contributed by atoms with van der Waals surface area (Å²) in [5, 5.41) is 9.85. The monoisotopic (exact) mass is 221 g/mol. The molecule has 0 bridgehead atoms. The van der Waals surface area contributed by atoms with Crippen molar-refractivity contribution in [2.75, 3.05) is 20.4 Å². The summed E-state index contributed by atoms with van der Waals surface area (Å²) in [6, 6.07) is 1.79. The Bertz CT molecular complexity index is 470. The van der Waals surface area contributed by atoms with Gasteiger partial charge in [0.2, 0.25) is 12.5 Å². The number of aliphatic hydroxyl groups excluding tert-OH is 1. The van der Waals surface area contributed by atoms with Crippen LogP contribution in [0.3, 0.4) is 0 Å².